The second kappa shape index (κ2) is 7.83. The van der Waals surface area contributed by atoms with Crippen LogP contribution in [0.2, 0.25) is 0 Å². The standard InChI is InChI=1S/C13H21NO5/c1-17-10-4-12(18-2)11(13(5-10)19-3)7-14-6-9(16)8-15/h4-5,9,14-16H,6-8H2,1-3H3. The van der Waals surface area contributed by atoms with Crippen LogP contribution in [0.3, 0.4) is 0 Å². The molecule has 0 aliphatic rings. The molecule has 0 aliphatic heterocycles. The van der Waals surface area contributed by atoms with Gasteiger partial charge in [0, 0.05) is 25.2 Å². The lowest BCUT2D eigenvalue weighted by molar-refractivity contribution is 0.0941. The molecular formula is C13H21NO5. The molecule has 108 valence electrons. The molecule has 0 amide bonds. The third-order valence-corrected chi connectivity index (χ3v) is 2.71. The van der Waals surface area contributed by atoms with Gasteiger partial charge < -0.3 is 29.7 Å². The third kappa shape index (κ3) is 4.27. The third-order valence-electron chi connectivity index (χ3n) is 2.71. The SMILES string of the molecule is COc1cc(OC)c(CNCC(O)CO)c(OC)c1. The molecule has 0 saturated heterocycles. The summed E-state index contributed by atoms with van der Waals surface area (Å²) in [6, 6.07) is 3.53. The molecule has 0 bridgehead atoms. The number of nitrogens with one attached hydrogen (secondary N) is 1. The van der Waals surface area contributed by atoms with Crippen molar-refractivity contribution in [2.45, 2.75) is 12.6 Å². The Morgan fingerprint density at radius 1 is 1.11 bits per heavy atom. The molecule has 1 atom stereocenters. The van der Waals surface area contributed by atoms with Crippen LogP contribution >= 0.6 is 0 Å². The molecule has 1 unspecified atom stereocenters. The average Bonchev–Trinajstić information content (AvgIpc) is 2.46. The quantitative estimate of drug-likeness (QED) is 0.625. The topological polar surface area (TPSA) is 80.2 Å². The zero-order chi connectivity index (χ0) is 14.3. The molecular weight excluding hydrogens is 250 g/mol. The predicted octanol–water partition coefficient (Wildman–Crippen LogP) is 0.155. The van der Waals surface area contributed by atoms with E-state index in [0.29, 0.717) is 23.8 Å². The van der Waals surface area contributed by atoms with Crippen molar-refractivity contribution in [3.63, 3.8) is 0 Å². The Morgan fingerprint density at radius 2 is 1.68 bits per heavy atom. The van der Waals surface area contributed by atoms with Crippen molar-refractivity contribution in [1.82, 2.24) is 5.32 Å². The van der Waals surface area contributed by atoms with Crippen molar-refractivity contribution in [3.8, 4) is 17.2 Å². The Labute approximate surface area is 112 Å². The Balaban J connectivity index is 2.85. The fraction of sp³-hybridized carbons (Fsp3) is 0.538. The van der Waals surface area contributed by atoms with Crippen LogP contribution in [0.25, 0.3) is 0 Å². The molecule has 1 rings (SSSR count). The largest absolute Gasteiger partial charge is 0.496 e. The summed E-state index contributed by atoms with van der Waals surface area (Å²) in [5, 5.41) is 21.1. The van der Waals surface area contributed by atoms with Crippen LogP contribution in [0.5, 0.6) is 17.2 Å². The van der Waals surface area contributed by atoms with Gasteiger partial charge in [0.1, 0.15) is 17.2 Å². The van der Waals surface area contributed by atoms with E-state index in [0.717, 1.165) is 5.56 Å². The van der Waals surface area contributed by atoms with Crippen LogP contribution in [-0.4, -0.2) is 50.8 Å². The number of rotatable bonds is 8. The van der Waals surface area contributed by atoms with Gasteiger partial charge in [-0.3, -0.25) is 0 Å². The van der Waals surface area contributed by atoms with E-state index in [-0.39, 0.29) is 13.2 Å². The molecule has 0 fully saturated rings. The van der Waals surface area contributed by atoms with Gasteiger partial charge in [0.05, 0.1) is 39.6 Å². The maximum Gasteiger partial charge on any atom is 0.130 e. The van der Waals surface area contributed by atoms with Gasteiger partial charge in [-0.15, -0.1) is 0 Å². The van der Waals surface area contributed by atoms with Crippen molar-refractivity contribution in [2.24, 2.45) is 0 Å². The smallest absolute Gasteiger partial charge is 0.130 e. The number of aliphatic hydroxyl groups is 2. The number of benzene rings is 1. The summed E-state index contributed by atoms with van der Waals surface area (Å²) in [6.07, 6.45) is -0.782. The predicted molar refractivity (Wildman–Crippen MR) is 70.9 cm³/mol. The van der Waals surface area contributed by atoms with E-state index in [1.165, 1.54) is 0 Å². The maximum atomic E-state index is 9.28. The van der Waals surface area contributed by atoms with Gasteiger partial charge in [0.2, 0.25) is 0 Å². The minimum atomic E-state index is -0.782. The minimum absolute atomic E-state index is 0.274. The number of ether oxygens (including phenoxy) is 3. The highest BCUT2D eigenvalue weighted by Crippen LogP contribution is 2.33. The summed E-state index contributed by atoms with van der Waals surface area (Å²) in [4.78, 5) is 0. The van der Waals surface area contributed by atoms with Gasteiger partial charge >= 0.3 is 0 Å². The summed E-state index contributed by atoms with van der Waals surface area (Å²) in [5.74, 6) is 1.93. The van der Waals surface area contributed by atoms with E-state index < -0.39 is 6.10 Å². The minimum Gasteiger partial charge on any atom is -0.496 e. The molecule has 0 radical (unpaired) electrons. The lowest BCUT2D eigenvalue weighted by atomic mass is 10.1. The van der Waals surface area contributed by atoms with E-state index >= 15 is 0 Å². The van der Waals surface area contributed by atoms with E-state index in [9.17, 15) is 5.11 Å². The van der Waals surface area contributed by atoms with Crippen LogP contribution < -0.4 is 19.5 Å². The van der Waals surface area contributed by atoms with Gasteiger partial charge in [-0.1, -0.05) is 0 Å². The molecule has 0 saturated carbocycles. The number of aliphatic hydroxyl groups excluding tert-OH is 2. The van der Waals surface area contributed by atoms with Crippen molar-refractivity contribution in [2.75, 3.05) is 34.5 Å². The molecule has 1 aromatic carbocycles. The van der Waals surface area contributed by atoms with E-state index in [4.69, 9.17) is 19.3 Å². The van der Waals surface area contributed by atoms with Crippen LogP contribution in [-0.2, 0) is 6.54 Å². The van der Waals surface area contributed by atoms with Gasteiger partial charge in [-0.25, -0.2) is 0 Å². The van der Waals surface area contributed by atoms with Crippen molar-refractivity contribution in [3.05, 3.63) is 17.7 Å². The van der Waals surface area contributed by atoms with Gasteiger partial charge in [0.15, 0.2) is 0 Å². The molecule has 0 aromatic heterocycles. The summed E-state index contributed by atoms with van der Waals surface area (Å²) in [7, 11) is 4.71. The molecule has 1 aromatic rings. The highest BCUT2D eigenvalue weighted by Gasteiger charge is 2.13. The lowest BCUT2D eigenvalue weighted by Gasteiger charge is -2.16. The number of hydrogen-bond acceptors (Lipinski definition) is 6. The van der Waals surface area contributed by atoms with Crippen LogP contribution in [0.15, 0.2) is 12.1 Å². The highest BCUT2D eigenvalue weighted by atomic mass is 16.5. The summed E-state index contributed by atoms with van der Waals surface area (Å²) < 4.78 is 15.8. The van der Waals surface area contributed by atoms with Gasteiger partial charge in [-0.2, -0.15) is 0 Å². The Hall–Kier alpha value is -1.50. The number of hydrogen-bond donors (Lipinski definition) is 3. The molecule has 6 nitrogen and oxygen atoms in total. The lowest BCUT2D eigenvalue weighted by Crippen LogP contribution is -2.29. The fourth-order valence-corrected chi connectivity index (χ4v) is 1.68. The Morgan fingerprint density at radius 3 is 2.11 bits per heavy atom. The van der Waals surface area contributed by atoms with E-state index in [2.05, 4.69) is 5.32 Å². The zero-order valence-corrected chi connectivity index (χ0v) is 11.5. The second-order valence-corrected chi connectivity index (χ2v) is 3.98. The van der Waals surface area contributed by atoms with Crippen LogP contribution in [0, 0.1) is 0 Å². The summed E-state index contributed by atoms with van der Waals surface area (Å²) in [6.45, 7) is 0.464. The van der Waals surface area contributed by atoms with Crippen molar-refractivity contribution >= 4 is 0 Å². The molecule has 19 heavy (non-hydrogen) atoms. The van der Waals surface area contributed by atoms with E-state index in [1.807, 2.05) is 0 Å². The Bertz CT molecular complexity index is 372. The molecule has 0 spiro atoms. The van der Waals surface area contributed by atoms with E-state index in [1.54, 1.807) is 33.5 Å². The second-order valence-electron chi connectivity index (χ2n) is 3.98. The first-order valence-corrected chi connectivity index (χ1v) is 5.94. The molecule has 3 N–H and O–H groups in total. The van der Waals surface area contributed by atoms with Gasteiger partial charge in [0.25, 0.3) is 0 Å². The summed E-state index contributed by atoms with van der Waals surface area (Å²) in [5.41, 5.74) is 0.830. The van der Waals surface area contributed by atoms with Crippen LogP contribution in [0.1, 0.15) is 5.56 Å². The zero-order valence-electron chi connectivity index (χ0n) is 11.5. The van der Waals surface area contributed by atoms with Crippen molar-refractivity contribution in [1.29, 1.82) is 0 Å². The molecule has 0 heterocycles. The molecule has 6 heteroatoms. The normalized spacial score (nSPS) is 12.1. The monoisotopic (exact) mass is 271 g/mol. The van der Waals surface area contributed by atoms with Gasteiger partial charge in [-0.05, 0) is 0 Å². The van der Waals surface area contributed by atoms with Crippen molar-refractivity contribution < 1.29 is 24.4 Å². The fourth-order valence-electron chi connectivity index (χ4n) is 1.68. The molecule has 0 aliphatic carbocycles. The average molecular weight is 271 g/mol. The Kier molecular flexibility index (Phi) is 6.41. The first-order valence-electron chi connectivity index (χ1n) is 5.94. The maximum absolute atomic E-state index is 9.28. The van der Waals surface area contributed by atoms with Crippen LogP contribution in [0.4, 0.5) is 0 Å². The highest BCUT2D eigenvalue weighted by molar-refractivity contribution is 5.50. The number of methoxy groups -OCH3 is 3. The first-order chi connectivity index (χ1) is 9.15. The first kappa shape index (κ1) is 15.6. The summed E-state index contributed by atoms with van der Waals surface area (Å²) >= 11 is 0.